The van der Waals surface area contributed by atoms with Gasteiger partial charge in [0.25, 0.3) is 0 Å². The lowest BCUT2D eigenvalue weighted by molar-refractivity contribution is -0.141. The molecule has 0 bridgehead atoms. The maximum Gasteiger partial charge on any atom is 0.435 e. The highest BCUT2D eigenvalue weighted by Gasteiger charge is 2.42. The van der Waals surface area contributed by atoms with Crippen molar-refractivity contribution < 1.29 is 22.4 Å². The van der Waals surface area contributed by atoms with Gasteiger partial charge in [-0.3, -0.25) is 4.79 Å². The molecule has 1 N–H and O–H groups in total. The smallest absolute Gasteiger partial charge is 0.351 e. The van der Waals surface area contributed by atoms with E-state index >= 15 is 0 Å². The molecule has 1 aliphatic rings. The van der Waals surface area contributed by atoms with E-state index in [0.29, 0.717) is 5.56 Å². The van der Waals surface area contributed by atoms with Crippen molar-refractivity contribution >= 4 is 40.6 Å². The van der Waals surface area contributed by atoms with Crippen LogP contribution in [0.15, 0.2) is 53.5 Å². The third-order valence-electron chi connectivity index (χ3n) is 5.31. The average Bonchev–Trinajstić information content (AvgIpc) is 3.18. The van der Waals surface area contributed by atoms with Crippen LogP contribution in [0.2, 0.25) is 10.0 Å². The second kappa shape index (κ2) is 8.79. The third-order valence-corrected chi connectivity index (χ3v) is 6.04. The van der Waals surface area contributed by atoms with Gasteiger partial charge in [-0.15, -0.1) is 0 Å². The molecule has 0 spiro atoms. The molecular formula is C22H16Cl2F4N4O. The zero-order chi connectivity index (χ0) is 23.9. The Morgan fingerprint density at radius 1 is 1.12 bits per heavy atom. The van der Waals surface area contributed by atoms with Crippen LogP contribution in [-0.2, 0) is 17.5 Å². The standard InChI is InChI=1S/C22H16Cl2F4N4O/c1-11-19(21(33)29-10-13-4-2-3-5-16(13)25)20(12-6-7-14(23)15(24)8-12)32-18(30-11)9-17(31-32)22(26,27)28/h2-9,19-20H,10H2,1H3,(H,29,33). The van der Waals surface area contributed by atoms with Crippen LogP contribution < -0.4 is 5.32 Å². The van der Waals surface area contributed by atoms with E-state index < -0.39 is 35.6 Å². The summed E-state index contributed by atoms with van der Waals surface area (Å²) in [4.78, 5) is 17.4. The largest absolute Gasteiger partial charge is 0.435 e. The maximum absolute atomic E-state index is 14.0. The fourth-order valence-corrected chi connectivity index (χ4v) is 4.03. The number of fused-ring (bicyclic) bond motifs is 1. The van der Waals surface area contributed by atoms with Crippen molar-refractivity contribution in [2.24, 2.45) is 10.9 Å². The number of halogens is 6. The molecule has 0 saturated heterocycles. The fourth-order valence-electron chi connectivity index (χ4n) is 3.73. The monoisotopic (exact) mass is 498 g/mol. The normalized spacial score (nSPS) is 18.0. The number of amides is 1. The molecule has 2 aromatic carbocycles. The third kappa shape index (κ3) is 4.60. The molecule has 1 aromatic heterocycles. The molecular weight excluding hydrogens is 483 g/mol. The predicted molar refractivity (Wildman–Crippen MR) is 116 cm³/mol. The van der Waals surface area contributed by atoms with E-state index in [1.54, 1.807) is 19.1 Å². The first kappa shape index (κ1) is 23.3. The van der Waals surface area contributed by atoms with Gasteiger partial charge in [0, 0.05) is 23.9 Å². The van der Waals surface area contributed by atoms with Crippen LogP contribution >= 0.6 is 23.2 Å². The quantitative estimate of drug-likeness (QED) is 0.450. The van der Waals surface area contributed by atoms with Crippen molar-refractivity contribution in [1.29, 1.82) is 0 Å². The molecule has 3 aromatic rings. The molecule has 4 rings (SSSR count). The van der Waals surface area contributed by atoms with Crippen molar-refractivity contribution in [3.05, 3.63) is 81.2 Å². The summed E-state index contributed by atoms with van der Waals surface area (Å²) in [6.45, 7) is 1.44. The number of benzene rings is 2. The second-order valence-electron chi connectivity index (χ2n) is 7.49. The molecule has 2 heterocycles. The summed E-state index contributed by atoms with van der Waals surface area (Å²) in [5.41, 5.74) is -0.172. The van der Waals surface area contributed by atoms with E-state index in [1.807, 2.05) is 0 Å². The molecule has 172 valence electrons. The van der Waals surface area contributed by atoms with E-state index in [1.165, 1.54) is 30.3 Å². The number of carbonyl (C=O) groups excluding carboxylic acids is 1. The molecule has 5 nitrogen and oxygen atoms in total. The highest BCUT2D eigenvalue weighted by molar-refractivity contribution is 6.42. The molecule has 2 unspecified atom stereocenters. The van der Waals surface area contributed by atoms with Gasteiger partial charge in [-0.1, -0.05) is 47.5 Å². The number of carbonyl (C=O) groups is 1. The van der Waals surface area contributed by atoms with E-state index in [-0.39, 0.29) is 33.7 Å². The van der Waals surface area contributed by atoms with E-state index in [4.69, 9.17) is 23.2 Å². The molecule has 0 radical (unpaired) electrons. The van der Waals surface area contributed by atoms with Gasteiger partial charge in [0.15, 0.2) is 11.5 Å². The summed E-state index contributed by atoms with van der Waals surface area (Å²) < 4.78 is 55.1. The van der Waals surface area contributed by atoms with Crippen LogP contribution in [0.4, 0.5) is 23.4 Å². The summed E-state index contributed by atoms with van der Waals surface area (Å²) in [5, 5.41) is 6.77. The Hall–Kier alpha value is -2.91. The minimum atomic E-state index is -4.70. The van der Waals surface area contributed by atoms with Crippen LogP contribution in [0.3, 0.4) is 0 Å². The maximum atomic E-state index is 14.0. The number of hydrogen-bond donors (Lipinski definition) is 1. The number of nitrogens with one attached hydrogen (secondary N) is 1. The predicted octanol–water partition coefficient (Wildman–Crippen LogP) is 5.98. The minimum absolute atomic E-state index is 0.0472. The van der Waals surface area contributed by atoms with Crippen LogP contribution in [0.25, 0.3) is 0 Å². The molecule has 33 heavy (non-hydrogen) atoms. The van der Waals surface area contributed by atoms with E-state index in [2.05, 4.69) is 15.4 Å². The highest BCUT2D eigenvalue weighted by atomic mass is 35.5. The summed E-state index contributed by atoms with van der Waals surface area (Å²) in [5.74, 6) is -2.11. The van der Waals surface area contributed by atoms with Gasteiger partial charge in [-0.05, 0) is 30.7 Å². The highest BCUT2D eigenvalue weighted by Crippen LogP contribution is 2.41. The van der Waals surface area contributed by atoms with Crippen LogP contribution in [0.1, 0.15) is 29.8 Å². The van der Waals surface area contributed by atoms with Gasteiger partial charge >= 0.3 is 6.18 Å². The first-order chi connectivity index (χ1) is 15.6. The Balaban J connectivity index is 1.75. The Labute approximate surface area is 196 Å². The number of hydrogen-bond acceptors (Lipinski definition) is 3. The lowest BCUT2D eigenvalue weighted by Gasteiger charge is -2.31. The zero-order valence-corrected chi connectivity index (χ0v) is 18.5. The molecule has 1 amide bonds. The number of aliphatic imine (C=N–C) groups is 1. The summed E-state index contributed by atoms with van der Waals surface area (Å²) in [7, 11) is 0. The fraction of sp³-hybridized carbons (Fsp3) is 0.227. The summed E-state index contributed by atoms with van der Waals surface area (Å²) in [6.07, 6.45) is -4.70. The van der Waals surface area contributed by atoms with Crippen molar-refractivity contribution in [2.45, 2.75) is 25.7 Å². The van der Waals surface area contributed by atoms with Crippen molar-refractivity contribution in [3.8, 4) is 0 Å². The van der Waals surface area contributed by atoms with Crippen molar-refractivity contribution in [2.75, 3.05) is 0 Å². The number of alkyl halides is 3. The van der Waals surface area contributed by atoms with Crippen molar-refractivity contribution in [1.82, 2.24) is 15.1 Å². The van der Waals surface area contributed by atoms with Gasteiger partial charge in [0.1, 0.15) is 11.7 Å². The topological polar surface area (TPSA) is 59.3 Å². The molecule has 2 atom stereocenters. The summed E-state index contributed by atoms with van der Waals surface area (Å²) in [6, 6.07) is 10.3. The minimum Gasteiger partial charge on any atom is -0.351 e. The average molecular weight is 499 g/mol. The molecule has 0 aliphatic carbocycles. The van der Waals surface area contributed by atoms with Crippen LogP contribution in [0.5, 0.6) is 0 Å². The molecule has 0 saturated carbocycles. The van der Waals surface area contributed by atoms with Crippen molar-refractivity contribution in [3.63, 3.8) is 0 Å². The SMILES string of the molecule is CC1=Nc2cc(C(F)(F)F)nn2C(c2ccc(Cl)c(Cl)c2)C1C(=O)NCc1ccccc1F. The molecule has 1 aliphatic heterocycles. The lowest BCUT2D eigenvalue weighted by Crippen LogP contribution is -2.42. The number of rotatable bonds is 4. The van der Waals surface area contributed by atoms with Gasteiger partial charge < -0.3 is 5.32 Å². The lowest BCUT2D eigenvalue weighted by atomic mass is 9.87. The Morgan fingerprint density at radius 3 is 2.52 bits per heavy atom. The van der Waals surface area contributed by atoms with Gasteiger partial charge in [-0.25, -0.2) is 14.1 Å². The van der Waals surface area contributed by atoms with Gasteiger partial charge in [0.2, 0.25) is 5.91 Å². The molecule has 0 fully saturated rings. The Morgan fingerprint density at radius 2 is 1.85 bits per heavy atom. The first-order valence-electron chi connectivity index (χ1n) is 9.74. The Kier molecular flexibility index (Phi) is 6.20. The summed E-state index contributed by atoms with van der Waals surface area (Å²) >= 11 is 12.1. The van der Waals surface area contributed by atoms with E-state index in [9.17, 15) is 22.4 Å². The first-order valence-corrected chi connectivity index (χ1v) is 10.5. The van der Waals surface area contributed by atoms with Gasteiger partial charge in [-0.2, -0.15) is 18.3 Å². The van der Waals surface area contributed by atoms with Crippen LogP contribution in [-0.4, -0.2) is 21.4 Å². The zero-order valence-electron chi connectivity index (χ0n) is 17.0. The Bertz CT molecular complexity index is 1260. The second-order valence-corrected chi connectivity index (χ2v) is 8.30. The van der Waals surface area contributed by atoms with Gasteiger partial charge in [0.05, 0.1) is 16.1 Å². The molecule has 11 heteroatoms. The number of aromatic nitrogens is 2. The van der Waals surface area contributed by atoms with E-state index in [0.717, 1.165) is 10.7 Å². The number of nitrogens with zero attached hydrogens (tertiary/aromatic N) is 3. The van der Waals surface area contributed by atoms with Crippen LogP contribution in [0, 0.1) is 11.7 Å².